The van der Waals surface area contributed by atoms with E-state index in [2.05, 4.69) is 20.9 Å². The standard InChI is InChI=1S/C14H11BrFNO2/c15-10-3-6-12(17-8-10)7-13(14(18)19)9-1-4-11(16)5-2-9/h1-6,8,13H,7H2,(H,18,19). The second kappa shape index (κ2) is 5.93. The maximum absolute atomic E-state index is 12.9. The van der Waals surface area contributed by atoms with Crippen molar-refractivity contribution in [3.8, 4) is 0 Å². The molecule has 0 saturated carbocycles. The molecule has 19 heavy (non-hydrogen) atoms. The van der Waals surface area contributed by atoms with Crippen molar-refractivity contribution in [2.75, 3.05) is 0 Å². The highest BCUT2D eigenvalue weighted by Crippen LogP contribution is 2.21. The van der Waals surface area contributed by atoms with Crippen LogP contribution in [-0.4, -0.2) is 16.1 Å². The predicted molar refractivity (Wildman–Crippen MR) is 72.4 cm³/mol. The number of nitrogens with zero attached hydrogens (tertiary/aromatic N) is 1. The Bertz CT molecular complexity index is 569. The van der Waals surface area contributed by atoms with Gasteiger partial charge in [0.2, 0.25) is 0 Å². The number of carbonyl (C=O) groups is 1. The summed E-state index contributed by atoms with van der Waals surface area (Å²) in [5.41, 5.74) is 1.25. The first-order valence-electron chi connectivity index (χ1n) is 5.65. The van der Waals surface area contributed by atoms with Crippen LogP contribution < -0.4 is 0 Å². The largest absolute Gasteiger partial charge is 0.481 e. The van der Waals surface area contributed by atoms with Crippen LogP contribution in [0.5, 0.6) is 0 Å². The summed E-state index contributed by atoms with van der Waals surface area (Å²) in [6.45, 7) is 0. The van der Waals surface area contributed by atoms with Crippen LogP contribution >= 0.6 is 15.9 Å². The lowest BCUT2D eigenvalue weighted by Crippen LogP contribution is -2.15. The smallest absolute Gasteiger partial charge is 0.311 e. The molecule has 1 aromatic heterocycles. The summed E-state index contributed by atoms with van der Waals surface area (Å²) in [4.78, 5) is 15.5. The zero-order valence-electron chi connectivity index (χ0n) is 9.88. The third-order valence-electron chi connectivity index (χ3n) is 2.77. The number of rotatable bonds is 4. The summed E-state index contributed by atoms with van der Waals surface area (Å²) >= 11 is 3.27. The van der Waals surface area contributed by atoms with Crippen LogP contribution in [0.3, 0.4) is 0 Å². The van der Waals surface area contributed by atoms with E-state index in [0.29, 0.717) is 11.3 Å². The van der Waals surface area contributed by atoms with Gasteiger partial charge in [-0.1, -0.05) is 12.1 Å². The molecule has 0 amide bonds. The molecule has 0 aliphatic heterocycles. The number of carboxylic acid groups (broad SMARTS) is 1. The Morgan fingerprint density at radius 2 is 1.95 bits per heavy atom. The molecule has 0 aliphatic rings. The molecule has 1 N–H and O–H groups in total. The lowest BCUT2D eigenvalue weighted by atomic mass is 9.94. The molecule has 98 valence electrons. The van der Waals surface area contributed by atoms with Crippen molar-refractivity contribution in [3.05, 3.63) is 64.1 Å². The predicted octanol–water partition coefficient (Wildman–Crippen LogP) is 3.39. The van der Waals surface area contributed by atoms with Gasteiger partial charge in [0.15, 0.2) is 0 Å². The first kappa shape index (κ1) is 13.7. The van der Waals surface area contributed by atoms with Gasteiger partial charge in [0.25, 0.3) is 0 Å². The molecule has 1 unspecified atom stereocenters. The summed E-state index contributed by atoms with van der Waals surface area (Å²) in [6, 6.07) is 9.09. The van der Waals surface area contributed by atoms with Gasteiger partial charge in [-0.3, -0.25) is 9.78 Å². The van der Waals surface area contributed by atoms with Crippen molar-refractivity contribution in [2.45, 2.75) is 12.3 Å². The summed E-state index contributed by atoms with van der Waals surface area (Å²) in [5, 5.41) is 9.28. The Kier molecular flexibility index (Phi) is 4.27. The number of halogens is 2. The normalized spacial score (nSPS) is 12.1. The van der Waals surface area contributed by atoms with Gasteiger partial charge < -0.3 is 5.11 Å². The first-order chi connectivity index (χ1) is 9.06. The number of carboxylic acids is 1. The maximum Gasteiger partial charge on any atom is 0.311 e. The zero-order valence-corrected chi connectivity index (χ0v) is 11.5. The van der Waals surface area contributed by atoms with E-state index < -0.39 is 11.9 Å². The van der Waals surface area contributed by atoms with Crippen molar-refractivity contribution in [2.24, 2.45) is 0 Å². The molecule has 2 rings (SSSR count). The summed E-state index contributed by atoms with van der Waals surface area (Å²) in [5.74, 6) is -2.06. The SMILES string of the molecule is O=C(O)C(Cc1ccc(Br)cn1)c1ccc(F)cc1. The fraction of sp³-hybridized carbons (Fsp3) is 0.143. The van der Waals surface area contributed by atoms with Gasteiger partial charge in [0, 0.05) is 22.8 Å². The van der Waals surface area contributed by atoms with Crippen LogP contribution in [0, 0.1) is 5.82 Å². The van der Waals surface area contributed by atoms with Crippen LogP contribution in [0.25, 0.3) is 0 Å². The van der Waals surface area contributed by atoms with Gasteiger partial charge in [-0.05, 0) is 45.8 Å². The van der Waals surface area contributed by atoms with E-state index in [1.54, 1.807) is 12.3 Å². The molecule has 2 aromatic rings. The van der Waals surface area contributed by atoms with Crippen molar-refractivity contribution >= 4 is 21.9 Å². The topological polar surface area (TPSA) is 50.2 Å². The molecule has 1 atom stereocenters. The monoisotopic (exact) mass is 323 g/mol. The van der Waals surface area contributed by atoms with Gasteiger partial charge in [-0.25, -0.2) is 4.39 Å². The van der Waals surface area contributed by atoms with Crippen LogP contribution in [-0.2, 0) is 11.2 Å². The lowest BCUT2D eigenvalue weighted by molar-refractivity contribution is -0.138. The van der Waals surface area contributed by atoms with Gasteiger partial charge >= 0.3 is 5.97 Å². The number of hydrogen-bond donors (Lipinski definition) is 1. The quantitative estimate of drug-likeness (QED) is 0.938. The van der Waals surface area contributed by atoms with E-state index in [9.17, 15) is 14.3 Å². The molecule has 1 heterocycles. The molecule has 3 nitrogen and oxygen atoms in total. The molecule has 0 radical (unpaired) electrons. The summed E-state index contributed by atoms with van der Waals surface area (Å²) in [7, 11) is 0. The van der Waals surface area contributed by atoms with Gasteiger partial charge in [-0.2, -0.15) is 0 Å². The lowest BCUT2D eigenvalue weighted by Gasteiger charge is -2.12. The number of benzene rings is 1. The van der Waals surface area contributed by atoms with Gasteiger partial charge in [0.05, 0.1) is 5.92 Å². The highest BCUT2D eigenvalue weighted by atomic mass is 79.9. The van der Waals surface area contributed by atoms with Crippen molar-refractivity contribution in [1.29, 1.82) is 0 Å². The number of aromatic nitrogens is 1. The maximum atomic E-state index is 12.9. The van der Waals surface area contributed by atoms with E-state index in [0.717, 1.165) is 4.47 Å². The molecular weight excluding hydrogens is 313 g/mol. The van der Waals surface area contributed by atoms with Crippen LogP contribution in [0.2, 0.25) is 0 Å². The highest BCUT2D eigenvalue weighted by molar-refractivity contribution is 9.10. The second-order valence-electron chi connectivity index (χ2n) is 4.11. The average Bonchev–Trinajstić information content (AvgIpc) is 2.39. The van der Waals surface area contributed by atoms with E-state index in [-0.39, 0.29) is 12.2 Å². The second-order valence-corrected chi connectivity index (χ2v) is 5.03. The number of pyridine rings is 1. The summed E-state index contributed by atoms with van der Waals surface area (Å²) < 4.78 is 13.7. The van der Waals surface area contributed by atoms with E-state index in [4.69, 9.17) is 0 Å². The van der Waals surface area contributed by atoms with Crippen molar-refractivity contribution in [1.82, 2.24) is 4.98 Å². The number of hydrogen-bond acceptors (Lipinski definition) is 2. The van der Waals surface area contributed by atoms with Crippen LogP contribution in [0.15, 0.2) is 47.1 Å². The Morgan fingerprint density at radius 1 is 1.26 bits per heavy atom. The highest BCUT2D eigenvalue weighted by Gasteiger charge is 2.20. The first-order valence-corrected chi connectivity index (χ1v) is 6.44. The molecule has 5 heteroatoms. The van der Waals surface area contributed by atoms with Gasteiger partial charge in [0.1, 0.15) is 5.82 Å². The third-order valence-corrected chi connectivity index (χ3v) is 3.24. The minimum atomic E-state index is -0.948. The summed E-state index contributed by atoms with van der Waals surface area (Å²) in [6.07, 6.45) is 1.90. The Hall–Kier alpha value is -1.75. The van der Waals surface area contributed by atoms with E-state index in [1.807, 2.05) is 6.07 Å². The molecule has 0 spiro atoms. The fourth-order valence-corrected chi connectivity index (χ4v) is 2.01. The minimum absolute atomic E-state index is 0.272. The van der Waals surface area contributed by atoms with E-state index in [1.165, 1.54) is 24.3 Å². The Balaban J connectivity index is 2.23. The van der Waals surface area contributed by atoms with Gasteiger partial charge in [-0.15, -0.1) is 0 Å². The molecule has 1 aromatic carbocycles. The molecule has 0 fully saturated rings. The Morgan fingerprint density at radius 3 is 2.47 bits per heavy atom. The molecular formula is C14H11BrFNO2. The third kappa shape index (κ3) is 3.61. The minimum Gasteiger partial charge on any atom is -0.481 e. The molecule has 0 bridgehead atoms. The number of aliphatic carboxylic acids is 1. The van der Waals surface area contributed by atoms with Crippen LogP contribution in [0.1, 0.15) is 17.2 Å². The molecule has 0 saturated heterocycles. The molecule has 0 aliphatic carbocycles. The zero-order chi connectivity index (χ0) is 13.8. The fourth-order valence-electron chi connectivity index (χ4n) is 1.78. The van der Waals surface area contributed by atoms with Crippen molar-refractivity contribution < 1.29 is 14.3 Å². The average molecular weight is 324 g/mol. The van der Waals surface area contributed by atoms with Crippen molar-refractivity contribution in [3.63, 3.8) is 0 Å². The van der Waals surface area contributed by atoms with E-state index >= 15 is 0 Å². The van der Waals surface area contributed by atoms with Crippen LogP contribution in [0.4, 0.5) is 4.39 Å². The Labute approximate surface area is 118 Å².